The van der Waals surface area contributed by atoms with Crippen LogP contribution in [0, 0.1) is 0 Å². The van der Waals surface area contributed by atoms with Gasteiger partial charge in [-0.15, -0.1) is 0 Å². The van der Waals surface area contributed by atoms with Crippen molar-refractivity contribution in [1.29, 1.82) is 0 Å². The van der Waals surface area contributed by atoms with Crippen LogP contribution in [0.4, 0.5) is 0 Å². The number of hydrogen-bond acceptors (Lipinski definition) is 11. The van der Waals surface area contributed by atoms with Gasteiger partial charge in [0.05, 0.1) is 17.5 Å². The predicted molar refractivity (Wildman–Crippen MR) is 180 cm³/mol. The summed E-state index contributed by atoms with van der Waals surface area (Å²) in [5, 5.41) is 11.5. The summed E-state index contributed by atoms with van der Waals surface area (Å²) >= 11 is 5.64. The smallest absolute Gasteiger partial charge is 0.244 e. The number of fused-ring (bicyclic) bond motifs is 1. The molecule has 48 heavy (non-hydrogen) atoms. The van der Waals surface area contributed by atoms with E-state index in [2.05, 4.69) is 29.7 Å². The van der Waals surface area contributed by atoms with E-state index >= 15 is 0 Å². The summed E-state index contributed by atoms with van der Waals surface area (Å²) < 4.78 is 58.7. The fraction of sp³-hybridized carbons (Fsp3) is 0.323. The van der Waals surface area contributed by atoms with Crippen LogP contribution in [0.2, 0.25) is 5.15 Å². The van der Waals surface area contributed by atoms with Gasteiger partial charge >= 0.3 is 0 Å². The van der Waals surface area contributed by atoms with Gasteiger partial charge in [0, 0.05) is 81.2 Å². The van der Waals surface area contributed by atoms with E-state index in [4.69, 9.17) is 16.0 Å². The van der Waals surface area contributed by atoms with Gasteiger partial charge in [-0.25, -0.2) is 26.8 Å². The Morgan fingerprint density at radius 1 is 0.771 bits per heavy atom. The van der Waals surface area contributed by atoms with Gasteiger partial charge in [-0.1, -0.05) is 11.6 Å². The lowest BCUT2D eigenvalue weighted by Crippen LogP contribution is -2.47. The third-order valence-corrected chi connectivity index (χ3v) is 12.4. The van der Waals surface area contributed by atoms with Crippen molar-refractivity contribution in [3.8, 4) is 28.5 Å². The monoisotopic (exact) mass is 714 g/mol. The number of sulfonamides is 2. The van der Waals surface area contributed by atoms with Crippen molar-refractivity contribution in [1.82, 2.24) is 38.3 Å². The summed E-state index contributed by atoms with van der Waals surface area (Å²) in [5.74, 6) is 0.571. The van der Waals surface area contributed by atoms with Crippen molar-refractivity contribution >= 4 is 42.6 Å². The SMILES string of the molecule is CN1CCN(S(=O)(=O)c2ccc(-c3c(O)[nH]c4ccc(-c5cnco5)cc34)nc2)CC1.CN1CCN(S(=O)(=O)c2ccc(Cl)nc2)CC1. The summed E-state index contributed by atoms with van der Waals surface area (Å²) in [5.41, 5.74) is 2.50. The topological polar surface area (TPSA) is 169 Å². The highest BCUT2D eigenvalue weighted by Gasteiger charge is 2.29. The minimum absolute atomic E-state index is 0.0353. The van der Waals surface area contributed by atoms with E-state index in [-0.39, 0.29) is 15.7 Å². The number of oxazole rings is 1. The number of halogens is 1. The van der Waals surface area contributed by atoms with E-state index in [1.165, 1.54) is 45.6 Å². The Morgan fingerprint density at radius 3 is 1.85 bits per heavy atom. The normalized spacial score (nSPS) is 17.3. The zero-order valence-corrected chi connectivity index (χ0v) is 28.7. The van der Waals surface area contributed by atoms with Crippen LogP contribution < -0.4 is 0 Å². The Labute approximate surface area is 283 Å². The highest BCUT2D eigenvalue weighted by atomic mass is 35.5. The van der Waals surface area contributed by atoms with Gasteiger partial charge in [-0.3, -0.25) is 4.98 Å². The molecule has 0 radical (unpaired) electrons. The van der Waals surface area contributed by atoms with Crippen molar-refractivity contribution in [2.24, 2.45) is 0 Å². The third-order valence-electron chi connectivity index (χ3n) is 8.39. The molecule has 0 amide bonds. The van der Waals surface area contributed by atoms with E-state index < -0.39 is 20.0 Å². The highest BCUT2D eigenvalue weighted by Crippen LogP contribution is 2.38. The molecular formula is C31H35ClN8O6S2. The Morgan fingerprint density at radius 2 is 1.35 bits per heavy atom. The zero-order valence-electron chi connectivity index (χ0n) is 26.3. The van der Waals surface area contributed by atoms with Gasteiger partial charge in [-0.2, -0.15) is 8.61 Å². The average molecular weight is 715 g/mol. The number of rotatable bonds is 6. The van der Waals surface area contributed by atoms with Crippen LogP contribution in [0.15, 0.2) is 81.7 Å². The number of nitrogens with zero attached hydrogens (tertiary/aromatic N) is 7. The number of piperazine rings is 2. The van der Waals surface area contributed by atoms with Crippen LogP contribution >= 0.6 is 11.6 Å². The fourth-order valence-electron chi connectivity index (χ4n) is 5.50. The molecule has 2 saturated heterocycles. The maximum atomic E-state index is 12.9. The van der Waals surface area contributed by atoms with Gasteiger partial charge in [0.15, 0.2) is 18.0 Å². The molecule has 5 aromatic rings. The number of nitrogens with one attached hydrogen (secondary N) is 1. The zero-order chi connectivity index (χ0) is 34.1. The molecule has 14 nitrogen and oxygen atoms in total. The predicted octanol–water partition coefficient (Wildman–Crippen LogP) is 3.20. The molecule has 2 fully saturated rings. The Bertz CT molecular complexity index is 2080. The molecule has 4 aromatic heterocycles. The number of hydrogen-bond donors (Lipinski definition) is 2. The highest BCUT2D eigenvalue weighted by molar-refractivity contribution is 7.89. The number of aromatic nitrogens is 4. The lowest BCUT2D eigenvalue weighted by atomic mass is 10.1. The second-order valence-electron chi connectivity index (χ2n) is 11.6. The number of benzene rings is 1. The maximum absolute atomic E-state index is 12.9. The summed E-state index contributed by atoms with van der Waals surface area (Å²) in [4.78, 5) is 19.6. The summed E-state index contributed by atoms with van der Waals surface area (Å²) in [6, 6.07) is 11.7. The summed E-state index contributed by atoms with van der Waals surface area (Å²) in [6.07, 6.45) is 5.62. The van der Waals surface area contributed by atoms with Crippen molar-refractivity contribution < 1.29 is 26.4 Å². The number of likely N-dealkylation sites (N-methyl/N-ethyl adjacent to an activating group) is 2. The fourth-order valence-corrected chi connectivity index (χ4v) is 8.35. The Balaban J connectivity index is 0.000000200. The molecule has 6 heterocycles. The minimum atomic E-state index is -3.61. The first-order valence-corrected chi connectivity index (χ1v) is 18.4. The molecule has 0 bridgehead atoms. The van der Waals surface area contributed by atoms with Crippen molar-refractivity contribution in [2.75, 3.05) is 66.5 Å². The average Bonchev–Trinajstić information content (AvgIpc) is 3.73. The summed E-state index contributed by atoms with van der Waals surface area (Å²) in [6.45, 7) is 4.83. The van der Waals surface area contributed by atoms with Crippen LogP contribution in [-0.2, 0) is 20.0 Å². The van der Waals surface area contributed by atoms with Crippen LogP contribution in [0.25, 0.3) is 33.5 Å². The van der Waals surface area contributed by atoms with Gasteiger partial charge in [0.1, 0.15) is 14.9 Å². The van der Waals surface area contributed by atoms with Crippen molar-refractivity contribution in [3.05, 3.63) is 72.6 Å². The van der Waals surface area contributed by atoms with E-state index in [0.29, 0.717) is 61.4 Å². The van der Waals surface area contributed by atoms with Gasteiger partial charge < -0.3 is 24.3 Å². The maximum Gasteiger partial charge on any atom is 0.244 e. The third kappa shape index (κ3) is 7.10. The molecule has 254 valence electrons. The van der Waals surface area contributed by atoms with Crippen LogP contribution in [0.1, 0.15) is 0 Å². The molecule has 2 aliphatic rings. The molecule has 1 aromatic carbocycles. The van der Waals surface area contributed by atoms with Gasteiger partial charge in [0.2, 0.25) is 20.0 Å². The molecule has 2 aliphatic heterocycles. The van der Waals surface area contributed by atoms with Crippen molar-refractivity contribution in [3.63, 3.8) is 0 Å². The van der Waals surface area contributed by atoms with Crippen LogP contribution in [0.5, 0.6) is 5.88 Å². The molecule has 0 atom stereocenters. The van der Waals surface area contributed by atoms with Crippen molar-refractivity contribution in [2.45, 2.75) is 9.79 Å². The number of aromatic amines is 1. The molecule has 7 rings (SSSR count). The molecule has 2 N–H and O–H groups in total. The van der Waals surface area contributed by atoms with E-state index in [0.717, 1.165) is 29.6 Å². The molecular weight excluding hydrogens is 680 g/mol. The lowest BCUT2D eigenvalue weighted by molar-refractivity contribution is 0.222. The van der Waals surface area contributed by atoms with Gasteiger partial charge in [0.25, 0.3) is 0 Å². The summed E-state index contributed by atoms with van der Waals surface area (Å²) in [7, 11) is -3.07. The Hall–Kier alpha value is -3.90. The molecule has 0 saturated carbocycles. The first-order valence-electron chi connectivity index (χ1n) is 15.1. The first kappa shape index (κ1) is 34.0. The molecule has 0 unspecified atom stereocenters. The second-order valence-corrected chi connectivity index (χ2v) is 15.8. The second kappa shape index (κ2) is 13.9. The number of pyridine rings is 2. The standard InChI is InChI=1S/C21H21N5O4S.C10H14ClN3O2S/c1-25-6-8-26(9-7-25)31(28,29)15-3-5-18(23-11-15)20-16-10-14(19-12-22-13-30-19)2-4-17(16)24-21(20)27;1-13-4-6-14(7-5-13)17(15,16)9-2-3-10(11)12-8-9/h2-5,10-13,24,27H,6-9H2,1H3;2-3,8H,4-7H2,1H3. The lowest BCUT2D eigenvalue weighted by Gasteiger charge is -2.31. The van der Waals surface area contributed by atoms with Crippen LogP contribution in [-0.4, -0.2) is 127 Å². The number of aromatic hydroxyl groups is 1. The molecule has 0 spiro atoms. The van der Waals surface area contributed by atoms with E-state index in [1.54, 1.807) is 12.3 Å². The van der Waals surface area contributed by atoms with E-state index in [1.807, 2.05) is 32.3 Å². The van der Waals surface area contributed by atoms with E-state index in [9.17, 15) is 21.9 Å². The first-order chi connectivity index (χ1) is 22.9. The number of H-pyrrole nitrogens is 1. The van der Waals surface area contributed by atoms with Gasteiger partial charge in [-0.05, 0) is 56.6 Å². The minimum Gasteiger partial charge on any atom is -0.494 e. The Kier molecular flexibility index (Phi) is 9.85. The quantitative estimate of drug-likeness (QED) is 0.248. The van der Waals surface area contributed by atoms with Crippen LogP contribution in [0.3, 0.4) is 0 Å². The molecule has 0 aliphatic carbocycles. The largest absolute Gasteiger partial charge is 0.494 e. The molecule has 17 heteroatoms.